The van der Waals surface area contributed by atoms with E-state index < -0.39 is 0 Å². The Morgan fingerprint density at radius 3 is 2.76 bits per heavy atom. The van der Waals surface area contributed by atoms with E-state index in [9.17, 15) is 4.79 Å². The largest absolute Gasteiger partial charge is 0.354 e. The average molecular weight is 345 g/mol. The molecule has 4 nitrogen and oxygen atoms in total. The molecular formula is C16H13BrN2O2. The highest BCUT2D eigenvalue weighted by Crippen LogP contribution is 2.15. The molecule has 1 heterocycles. The second-order valence-electron chi connectivity index (χ2n) is 4.64. The van der Waals surface area contributed by atoms with Gasteiger partial charge in [0.05, 0.1) is 18.2 Å². The van der Waals surface area contributed by atoms with Crippen molar-refractivity contribution in [3.63, 3.8) is 0 Å². The normalized spacial score (nSPS) is 10.9. The van der Waals surface area contributed by atoms with Gasteiger partial charge in [-0.25, -0.2) is 4.68 Å². The smallest absolute Gasteiger partial charge is 0.276 e. The molecule has 0 unspecified atom stereocenters. The summed E-state index contributed by atoms with van der Waals surface area (Å²) in [4.78, 5) is 12.3. The van der Waals surface area contributed by atoms with E-state index in [-0.39, 0.29) is 12.3 Å². The second-order valence-corrected chi connectivity index (χ2v) is 5.56. The molecule has 2 aromatic carbocycles. The van der Waals surface area contributed by atoms with Gasteiger partial charge in [-0.1, -0.05) is 46.3 Å². The number of hydrogen-bond donors (Lipinski definition) is 0. The SMILES string of the molecule is O=c1c2ccc(Br)cc2cnn1COCc1ccccc1. The van der Waals surface area contributed by atoms with Crippen LogP contribution in [0.3, 0.4) is 0 Å². The third-order valence-corrected chi connectivity index (χ3v) is 3.63. The lowest BCUT2D eigenvalue weighted by Crippen LogP contribution is -2.23. The van der Waals surface area contributed by atoms with Crippen LogP contribution in [0.1, 0.15) is 5.56 Å². The Hall–Kier alpha value is -1.98. The molecular weight excluding hydrogens is 332 g/mol. The van der Waals surface area contributed by atoms with Crippen LogP contribution >= 0.6 is 15.9 Å². The van der Waals surface area contributed by atoms with Gasteiger partial charge >= 0.3 is 0 Å². The summed E-state index contributed by atoms with van der Waals surface area (Å²) in [5, 5.41) is 5.59. The number of fused-ring (bicyclic) bond motifs is 1. The Balaban J connectivity index is 1.77. The Morgan fingerprint density at radius 1 is 1.14 bits per heavy atom. The predicted octanol–water partition coefficient (Wildman–Crippen LogP) is 3.33. The number of ether oxygens (including phenoxy) is 1. The molecule has 0 spiro atoms. The Labute approximate surface area is 130 Å². The quantitative estimate of drug-likeness (QED) is 0.729. The van der Waals surface area contributed by atoms with Crippen LogP contribution in [0.2, 0.25) is 0 Å². The van der Waals surface area contributed by atoms with Gasteiger partial charge in [-0.3, -0.25) is 4.79 Å². The molecule has 0 saturated heterocycles. The summed E-state index contributed by atoms with van der Waals surface area (Å²) in [6.07, 6.45) is 1.67. The molecule has 0 radical (unpaired) electrons. The maximum Gasteiger partial charge on any atom is 0.276 e. The number of halogens is 1. The van der Waals surface area contributed by atoms with E-state index in [0.717, 1.165) is 15.4 Å². The van der Waals surface area contributed by atoms with Crippen LogP contribution < -0.4 is 5.56 Å². The molecule has 1 aromatic heterocycles. The molecule has 0 aliphatic rings. The first-order valence-electron chi connectivity index (χ1n) is 6.51. The molecule has 3 rings (SSSR count). The van der Waals surface area contributed by atoms with Gasteiger partial charge in [0.2, 0.25) is 0 Å². The fourth-order valence-electron chi connectivity index (χ4n) is 2.07. The molecule has 0 aliphatic carbocycles. The molecule has 3 aromatic rings. The number of rotatable bonds is 4. The fraction of sp³-hybridized carbons (Fsp3) is 0.125. The summed E-state index contributed by atoms with van der Waals surface area (Å²) >= 11 is 3.38. The standard InChI is InChI=1S/C16H13BrN2O2/c17-14-6-7-15-13(8-14)9-18-19(16(15)20)11-21-10-12-4-2-1-3-5-12/h1-9H,10-11H2. The van der Waals surface area contributed by atoms with Gasteiger partial charge in [0.15, 0.2) is 0 Å². The predicted molar refractivity (Wildman–Crippen MR) is 84.9 cm³/mol. The first-order chi connectivity index (χ1) is 10.2. The zero-order valence-corrected chi connectivity index (χ0v) is 12.8. The van der Waals surface area contributed by atoms with Crippen LogP contribution in [-0.2, 0) is 18.1 Å². The molecule has 0 amide bonds. The first-order valence-corrected chi connectivity index (χ1v) is 7.30. The van der Waals surface area contributed by atoms with Crippen molar-refractivity contribution in [2.45, 2.75) is 13.3 Å². The Kier molecular flexibility index (Phi) is 4.13. The van der Waals surface area contributed by atoms with E-state index in [1.165, 1.54) is 4.68 Å². The third kappa shape index (κ3) is 3.20. The molecule has 0 N–H and O–H groups in total. The summed E-state index contributed by atoms with van der Waals surface area (Å²) in [5.41, 5.74) is 0.920. The van der Waals surface area contributed by atoms with Crippen LogP contribution in [-0.4, -0.2) is 9.78 Å². The van der Waals surface area contributed by atoms with Crippen molar-refractivity contribution in [3.8, 4) is 0 Å². The van der Waals surface area contributed by atoms with Crippen molar-refractivity contribution < 1.29 is 4.74 Å². The lowest BCUT2D eigenvalue weighted by Gasteiger charge is -2.07. The highest BCUT2D eigenvalue weighted by molar-refractivity contribution is 9.10. The summed E-state index contributed by atoms with van der Waals surface area (Å²) in [5.74, 6) is 0. The lowest BCUT2D eigenvalue weighted by atomic mass is 10.2. The van der Waals surface area contributed by atoms with E-state index in [1.807, 2.05) is 42.5 Å². The van der Waals surface area contributed by atoms with E-state index in [4.69, 9.17) is 4.74 Å². The number of hydrogen-bond acceptors (Lipinski definition) is 3. The summed E-state index contributed by atoms with van der Waals surface area (Å²) in [6, 6.07) is 15.3. The Bertz CT molecular complexity index is 815. The van der Waals surface area contributed by atoms with Crippen LogP contribution in [0, 0.1) is 0 Å². The highest BCUT2D eigenvalue weighted by atomic mass is 79.9. The first kappa shape index (κ1) is 14.0. The van der Waals surface area contributed by atoms with Gasteiger partial charge in [0.25, 0.3) is 5.56 Å². The zero-order valence-electron chi connectivity index (χ0n) is 11.2. The number of nitrogens with zero attached hydrogens (tertiary/aromatic N) is 2. The number of benzene rings is 2. The second kappa shape index (κ2) is 6.20. The molecule has 21 heavy (non-hydrogen) atoms. The van der Waals surface area contributed by atoms with Crippen molar-refractivity contribution in [3.05, 3.63) is 75.1 Å². The molecule has 0 fully saturated rings. The van der Waals surface area contributed by atoms with Crippen molar-refractivity contribution >= 4 is 26.7 Å². The lowest BCUT2D eigenvalue weighted by molar-refractivity contribution is 0.0533. The van der Waals surface area contributed by atoms with Crippen LogP contribution in [0.25, 0.3) is 10.8 Å². The summed E-state index contributed by atoms with van der Waals surface area (Å²) in [7, 11) is 0. The van der Waals surface area contributed by atoms with Crippen molar-refractivity contribution in [2.75, 3.05) is 0 Å². The maximum absolute atomic E-state index is 12.3. The van der Waals surface area contributed by atoms with Crippen LogP contribution in [0.5, 0.6) is 0 Å². The van der Waals surface area contributed by atoms with Crippen LogP contribution in [0.15, 0.2) is 64.0 Å². The minimum Gasteiger partial charge on any atom is -0.354 e. The van der Waals surface area contributed by atoms with E-state index in [0.29, 0.717) is 12.0 Å². The van der Waals surface area contributed by atoms with Crippen molar-refractivity contribution in [2.24, 2.45) is 0 Å². The monoisotopic (exact) mass is 344 g/mol. The molecule has 0 saturated carbocycles. The van der Waals surface area contributed by atoms with Gasteiger partial charge in [0.1, 0.15) is 6.73 Å². The van der Waals surface area contributed by atoms with Gasteiger partial charge in [-0.15, -0.1) is 0 Å². The molecule has 5 heteroatoms. The van der Waals surface area contributed by atoms with E-state index in [2.05, 4.69) is 21.0 Å². The van der Waals surface area contributed by atoms with Crippen molar-refractivity contribution in [1.82, 2.24) is 9.78 Å². The molecule has 0 atom stereocenters. The van der Waals surface area contributed by atoms with Gasteiger partial charge in [-0.05, 0) is 23.8 Å². The minimum absolute atomic E-state index is 0.139. The average Bonchev–Trinajstić information content (AvgIpc) is 2.50. The van der Waals surface area contributed by atoms with Crippen molar-refractivity contribution in [1.29, 1.82) is 0 Å². The fourth-order valence-corrected chi connectivity index (χ4v) is 2.45. The summed E-state index contributed by atoms with van der Waals surface area (Å²) in [6.45, 7) is 0.590. The highest BCUT2D eigenvalue weighted by Gasteiger charge is 2.04. The molecule has 0 aliphatic heterocycles. The minimum atomic E-state index is -0.145. The van der Waals surface area contributed by atoms with Gasteiger partial charge in [-0.2, -0.15) is 5.10 Å². The van der Waals surface area contributed by atoms with Gasteiger partial charge in [0, 0.05) is 9.86 Å². The van der Waals surface area contributed by atoms with Crippen LogP contribution in [0.4, 0.5) is 0 Å². The van der Waals surface area contributed by atoms with E-state index in [1.54, 1.807) is 12.3 Å². The third-order valence-electron chi connectivity index (χ3n) is 3.14. The molecule has 0 bridgehead atoms. The molecule has 106 valence electrons. The zero-order chi connectivity index (χ0) is 14.7. The Morgan fingerprint density at radius 2 is 1.95 bits per heavy atom. The summed E-state index contributed by atoms with van der Waals surface area (Å²) < 4.78 is 7.81. The maximum atomic E-state index is 12.3. The topological polar surface area (TPSA) is 44.1 Å². The van der Waals surface area contributed by atoms with Gasteiger partial charge < -0.3 is 4.74 Å². The number of aromatic nitrogens is 2. The van der Waals surface area contributed by atoms with E-state index >= 15 is 0 Å².